The van der Waals surface area contributed by atoms with Crippen LogP contribution in [0.25, 0.3) is 0 Å². The molecule has 1 N–H and O–H groups in total. The summed E-state index contributed by atoms with van der Waals surface area (Å²) in [6.45, 7) is 5.54. The highest BCUT2D eigenvalue weighted by molar-refractivity contribution is 6.30. The van der Waals surface area contributed by atoms with Gasteiger partial charge in [0.25, 0.3) is 0 Å². The summed E-state index contributed by atoms with van der Waals surface area (Å²) in [5, 5.41) is 3.25. The van der Waals surface area contributed by atoms with E-state index in [4.69, 9.17) is 11.6 Å². The number of carbonyl (C=O) groups is 1. The van der Waals surface area contributed by atoms with E-state index in [1.165, 1.54) is 6.20 Å². The fraction of sp³-hybridized carbons (Fsp3) is 0.400. The molecule has 1 heterocycles. The minimum atomic E-state index is -0.414. The minimum absolute atomic E-state index is 0.0541. The van der Waals surface area contributed by atoms with Crippen LogP contribution in [0.4, 0.5) is 5.69 Å². The number of nitrogens with zero attached hydrogens (tertiary/aromatic N) is 1. The Kier molecular flexibility index (Phi) is 3.11. The van der Waals surface area contributed by atoms with Gasteiger partial charge in [-0.25, -0.2) is 0 Å². The number of hydrogen-bond donors (Lipinski definition) is 1. The number of rotatable bonds is 1. The number of hydrogen-bond acceptors (Lipinski definition) is 2. The number of halogens is 1. The molecule has 0 aliphatic rings. The highest BCUT2D eigenvalue weighted by Crippen LogP contribution is 2.18. The van der Waals surface area contributed by atoms with Crippen LogP contribution >= 0.6 is 11.6 Å². The largest absolute Gasteiger partial charge is 0.324 e. The zero-order valence-corrected chi connectivity index (χ0v) is 9.22. The average molecular weight is 213 g/mol. The molecule has 3 nitrogen and oxygen atoms in total. The fourth-order valence-electron chi connectivity index (χ4n) is 0.799. The van der Waals surface area contributed by atoms with Crippen LogP contribution in [-0.4, -0.2) is 10.9 Å². The van der Waals surface area contributed by atoms with Crippen LogP contribution in [0.5, 0.6) is 0 Å². The molecule has 76 valence electrons. The number of anilines is 1. The maximum atomic E-state index is 11.6. The lowest BCUT2D eigenvalue weighted by molar-refractivity contribution is -0.123. The minimum Gasteiger partial charge on any atom is -0.324 e. The van der Waals surface area contributed by atoms with E-state index in [1.807, 2.05) is 20.8 Å². The standard InChI is InChI=1S/C10H13ClN2O/c1-10(2,3)9(14)13-8-4-7(11)5-12-6-8/h4-6H,1-3H3,(H,13,14). The lowest BCUT2D eigenvalue weighted by Gasteiger charge is -2.17. The van der Waals surface area contributed by atoms with Crippen LogP contribution in [0.3, 0.4) is 0 Å². The van der Waals surface area contributed by atoms with Gasteiger partial charge in [0.2, 0.25) is 5.91 Å². The molecule has 1 aromatic rings. The van der Waals surface area contributed by atoms with Gasteiger partial charge >= 0.3 is 0 Å². The van der Waals surface area contributed by atoms with Gasteiger partial charge < -0.3 is 5.32 Å². The normalized spacial score (nSPS) is 11.1. The Labute approximate surface area is 88.5 Å². The summed E-state index contributed by atoms with van der Waals surface area (Å²) in [6.07, 6.45) is 3.09. The molecule has 1 aromatic heterocycles. The van der Waals surface area contributed by atoms with Crippen molar-refractivity contribution in [1.82, 2.24) is 4.98 Å². The molecule has 14 heavy (non-hydrogen) atoms. The number of carbonyl (C=O) groups excluding carboxylic acids is 1. The second-order valence-corrected chi connectivity index (χ2v) is 4.53. The highest BCUT2D eigenvalue weighted by atomic mass is 35.5. The summed E-state index contributed by atoms with van der Waals surface area (Å²) in [6, 6.07) is 1.66. The van der Waals surface area contributed by atoms with Crippen LogP contribution in [0.2, 0.25) is 5.02 Å². The van der Waals surface area contributed by atoms with Crippen molar-refractivity contribution in [1.29, 1.82) is 0 Å². The summed E-state index contributed by atoms with van der Waals surface area (Å²) in [4.78, 5) is 15.4. The lowest BCUT2D eigenvalue weighted by atomic mass is 9.96. The Morgan fingerprint density at radius 3 is 2.57 bits per heavy atom. The monoisotopic (exact) mass is 212 g/mol. The van der Waals surface area contributed by atoms with E-state index in [-0.39, 0.29) is 5.91 Å². The molecule has 0 aromatic carbocycles. The van der Waals surface area contributed by atoms with Crippen LogP contribution in [-0.2, 0) is 4.79 Å². The predicted molar refractivity (Wildman–Crippen MR) is 57.3 cm³/mol. The lowest BCUT2D eigenvalue weighted by Crippen LogP contribution is -2.27. The summed E-state index contributed by atoms with van der Waals surface area (Å²) in [7, 11) is 0. The zero-order valence-electron chi connectivity index (χ0n) is 8.47. The van der Waals surface area contributed by atoms with Gasteiger partial charge in [-0.15, -0.1) is 0 Å². The van der Waals surface area contributed by atoms with Crippen LogP contribution < -0.4 is 5.32 Å². The molecule has 4 heteroatoms. The molecule has 0 saturated heterocycles. The molecule has 1 amide bonds. The number of aromatic nitrogens is 1. The van der Waals surface area contributed by atoms with Crippen molar-refractivity contribution < 1.29 is 4.79 Å². The van der Waals surface area contributed by atoms with Gasteiger partial charge in [-0.1, -0.05) is 32.4 Å². The molecule has 0 atom stereocenters. The molecule has 0 bridgehead atoms. The Hall–Kier alpha value is -1.09. The van der Waals surface area contributed by atoms with E-state index in [9.17, 15) is 4.79 Å². The molecule has 0 unspecified atom stereocenters. The summed E-state index contributed by atoms with van der Waals surface area (Å²) in [5.74, 6) is -0.0541. The van der Waals surface area contributed by atoms with Crippen molar-refractivity contribution in [3.05, 3.63) is 23.5 Å². The zero-order chi connectivity index (χ0) is 10.8. The third-order valence-corrected chi connectivity index (χ3v) is 1.85. The second kappa shape index (κ2) is 3.96. The third-order valence-electron chi connectivity index (χ3n) is 1.64. The summed E-state index contributed by atoms with van der Waals surface area (Å²) < 4.78 is 0. The molecule has 0 aliphatic heterocycles. The topological polar surface area (TPSA) is 42.0 Å². The van der Waals surface area contributed by atoms with Gasteiger partial charge in [0.05, 0.1) is 16.9 Å². The first-order valence-corrected chi connectivity index (χ1v) is 4.69. The Morgan fingerprint density at radius 2 is 2.07 bits per heavy atom. The van der Waals surface area contributed by atoms with Gasteiger partial charge in [-0.2, -0.15) is 0 Å². The van der Waals surface area contributed by atoms with Crippen molar-refractivity contribution in [2.45, 2.75) is 20.8 Å². The Bertz CT molecular complexity index is 344. The number of pyridine rings is 1. The van der Waals surface area contributed by atoms with Crippen molar-refractivity contribution in [2.24, 2.45) is 5.41 Å². The molecule has 0 spiro atoms. The van der Waals surface area contributed by atoms with Crippen LogP contribution in [0.15, 0.2) is 18.5 Å². The van der Waals surface area contributed by atoms with E-state index in [0.717, 1.165) is 0 Å². The van der Waals surface area contributed by atoms with Gasteiger partial charge in [0.1, 0.15) is 0 Å². The van der Waals surface area contributed by atoms with Gasteiger partial charge in [0, 0.05) is 11.6 Å². The van der Waals surface area contributed by atoms with Gasteiger partial charge in [-0.05, 0) is 6.07 Å². The maximum Gasteiger partial charge on any atom is 0.229 e. The van der Waals surface area contributed by atoms with E-state index in [2.05, 4.69) is 10.3 Å². The fourth-order valence-corrected chi connectivity index (χ4v) is 0.973. The van der Waals surface area contributed by atoms with Crippen molar-refractivity contribution >= 4 is 23.2 Å². The van der Waals surface area contributed by atoms with Gasteiger partial charge in [0.15, 0.2) is 0 Å². The van der Waals surface area contributed by atoms with Gasteiger partial charge in [-0.3, -0.25) is 9.78 Å². The van der Waals surface area contributed by atoms with Crippen LogP contribution in [0.1, 0.15) is 20.8 Å². The van der Waals surface area contributed by atoms with Crippen molar-refractivity contribution in [3.63, 3.8) is 0 Å². The van der Waals surface area contributed by atoms with E-state index in [1.54, 1.807) is 12.3 Å². The molecular weight excluding hydrogens is 200 g/mol. The average Bonchev–Trinajstić information content (AvgIpc) is 2.02. The first kappa shape index (κ1) is 11.0. The Morgan fingerprint density at radius 1 is 1.43 bits per heavy atom. The quantitative estimate of drug-likeness (QED) is 0.778. The number of nitrogens with one attached hydrogen (secondary N) is 1. The molecule has 1 rings (SSSR count). The molecule has 0 saturated carbocycles. The first-order chi connectivity index (χ1) is 6.39. The van der Waals surface area contributed by atoms with Crippen LogP contribution in [0, 0.1) is 5.41 Å². The highest BCUT2D eigenvalue weighted by Gasteiger charge is 2.21. The second-order valence-electron chi connectivity index (χ2n) is 4.10. The van der Waals surface area contributed by atoms with E-state index in [0.29, 0.717) is 10.7 Å². The van der Waals surface area contributed by atoms with Crippen molar-refractivity contribution in [2.75, 3.05) is 5.32 Å². The smallest absolute Gasteiger partial charge is 0.229 e. The SMILES string of the molecule is CC(C)(C)C(=O)Nc1cncc(Cl)c1. The Balaban J connectivity index is 2.75. The number of amides is 1. The van der Waals surface area contributed by atoms with Crippen molar-refractivity contribution in [3.8, 4) is 0 Å². The molecule has 0 radical (unpaired) electrons. The van der Waals surface area contributed by atoms with E-state index < -0.39 is 5.41 Å². The third kappa shape index (κ3) is 3.00. The maximum absolute atomic E-state index is 11.6. The molecule has 0 fully saturated rings. The summed E-state index contributed by atoms with van der Waals surface area (Å²) >= 11 is 5.73. The predicted octanol–water partition coefficient (Wildman–Crippen LogP) is 2.72. The molecular formula is C10H13ClN2O. The van der Waals surface area contributed by atoms with E-state index >= 15 is 0 Å². The molecule has 0 aliphatic carbocycles. The first-order valence-electron chi connectivity index (χ1n) is 4.31. The summed E-state index contributed by atoms with van der Waals surface area (Å²) in [5.41, 5.74) is 0.208.